The Bertz CT molecular complexity index is 522. The highest BCUT2D eigenvalue weighted by molar-refractivity contribution is 6.42. The zero-order valence-corrected chi connectivity index (χ0v) is 15.7. The predicted octanol–water partition coefficient (Wildman–Crippen LogP) is 5.26. The van der Waals surface area contributed by atoms with E-state index in [1.54, 1.807) is 0 Å². The minimum atomic E-state index is -4.30. The van der Waals surface area contributed by atoms with Crippen LogP contribution in [0.3, 0.4) is 0 Å². The molecule has 0 radical (unpaired) electrons. The summed E-state index contributed by atoms with van der Waals surface area (Å²) in [7, 11) is 0. The summed E-state index contributed by atoms with van der Waals surface area (Å²) < 4.78 is 52.0. The van der Waals surface area contributed by atoms with E-state index in [1.165, 1.54) is 6.07 Å². The Balaban J connectivity index is 0.00000264. The highest BCUT2D eigenvalue weighted by Gasteiger charge is 2.33. The van der Waals surface area contributed by atoms with Crippen molar-refractivity contribution >= 4 is 48.0 Å². The third-order valence-electron chi connectivity index (χ3n) is 3.71. The van der Waals surface area contributed by atoms with E-state index < -0.39 is 24.5 Å². The molecule has 1 heterocycles. The van der Waals surface area contributed by atoms with Crippen molar-refractivity contribution in [2.24, 2.45) is 0 Å². The Labute approximate surface area is 160 Å². The average molecular weight is 432 g/mol. The lowest BCUT2D eigenvalue weighted by Gasteiger charge is -2.36. The minimum absolute atomic E-state index is 0. The van der Waals surface area contributed by atoms with Gasteiger partial charge in [0.1, 0.15) is 5.82 Å². The van der Waals surface area contributed by atoms with Gasteiger partial charge in [0.05, 0.1) is 10.0 Å². The molecular weight excluding hydrogens is 414 g/mol. The quantitative estimate of drug-likeness (QED) is 0.516. The molecule has 24 heavy (non-hydrogen) atoms. The molecular formula is C14H18Cl4F4N2. The lowest BCUT2D eigenvalue weighted by Crippen LogP contribution is -2.45. The van der Waals surface area contributed by atoms with Gasteiger partial charge >= 0.3 is 6.18 Å². The van der Waals surface area contributed by atoms with E-state index in [0.29, 0.717) is 26.2 Å². The van der Waals surface area contributed by atoms with Gasteiger partial charge < -0.3 is 5.32 Å². The van der Waals surface area contributed by atoms with Crippen molar-refractivity contribution in [3.8, 4) is 0 Å². The highest BCUT2D eigenvalue weighted by atomic mass is 35.5. The third-order valence-corrected chi connectivity index (χ3v) is 4.53. The highest BCUT2D eigenvalue weighted by Crippen LogP contribution is 2.39. The molecule has 0 aliphatic carbocycles. The van der Waals surface area contributed by atoms with Crippen molar-refractivity contribution in [1.82, 2.24) is 10.2 Å². The average Bonchev–Trinajstić information content (AvgIpc) is 2.46. The number of nitrogens with one attached hydrogen (secondary N) is 1. The summed E-state index contributed by atoms with van der Waals surface area (Å²) in [5, 5.41) is 3.25. The summed E-state index contributed by atoms with van der Waals surface area (Å²) in [6.45, 7) is 2.35. The maximum Gasteiger partial charge on any atom is 0.389 e. The number of piperazine rings is 1. The molecule has 1 aromatic carbocycles. The summed E-state index contributed by atoms with van der Waals surface area (Å²) >= 11 is 12.0. The summed E-state index contributed by atoms with van der Waals surface area (Å²) in [5.41, 5.74) is 0.0558. The Hall–Kier alpha value is 0.0200. The van der Waals surface area contributed by atoms with Crippen LogP contribution in [0.25, 0.3) is 0 Å². The molecule has 0 spiro atoms. The largest absolute Gasteiger partial charge is 0.389 e. The summed E-state index contributed by atoms with van der Waals surface area (Å²) in [6.07, 6.45) is -5.54. The second-order valence-electron chi connectivity index (χ2n) is 5.21. The van der Waals surface area contributed by atoms with Gasteiger partial charge in [-0.2, -0.15) is 13.2 Å². The van der Waals surface area contributed by atoms with Crippen LogP contribution >= 0.6 is 48.0 Å². The van der Waals surface area contributed by atoms with Gasteiger partial charge in [-0.3, -0.25) is 4.90 Å². The summed E-state index contributed by atoms with van der Waals surface area (Å²) in [4.78, 5) is 1.82. The molecule has 10 heteroatoms. The van der Waals surface area contributed by atoms with Crippen molar-refractivity contribution in [3.05, 3.63) is 33.6 Å². The Morgan fingerprint density at radius 1 is 1.12 bits per heavy atom. The molecule has 1 aliphatic rings. The number of benzene rings is 1. The molecule has 1 aliphatic heterocycles. The van der Waals surface area contributed by atoms with Crippen LogP contribution in [0.2, 0.25) is 10.0 Å². The van der Waals surface area contributed by atoms with E-state index in [2.05, 4.69) is 5.32 Å². The maximum atomic E-state index is 14.2. The first kappa shape index (κ1) is 24.0. The van der Waals surface area contributed by atoms with E-state index in [0.717, 1.165) is 6.07 Å². The summed E-state index contributed by atoms with van der Waals surface area (Å²) in [6, 6.07) is 1.71. The molecule has 2 rings (SSSR count). The van der Waals surface area contributed by atoms with E-state index >= 15 is 0 Å². The first-order chi connectivity index (χ1) is 10.3. The lowest BCUT2D eigenvalue weighted by molar-refractivity contribution is -0.138. The number of rotatable bonds is 4. The van der Waals surface area contributed by atoms with Crippen LogP contribution in [0, 0.1) is 5.82 Å². The van der Waals surface area contributed by atoms with Crippen LogP contribution in [-0.2, 0) is 0 Å². The standard InChI is InChI=1S/C14H16Cl2F4N2.2ClH/c15-9-1-2-10(17)12(13(9)16)11(3-4-14(18,19)20)22-7-5-21-6-8-22;;/h1-2,11,21H,3-8H2;2*1H/t11-;;/m1../s1. The topological polar surface area (TPSA) is 15.3 Å². The van der Waals surface area contributed by atoms with Crippen LogP contribution < -0.4 is 5.32 Å². The molecule has 1 saturated heterocycles. The molecule has 1 atom stereocenters. The maximum absolute atomic E-state index is 14.2. The lowest BCUT2D eigenvalue weighted by atomic mass is 9.98. The molecule has 0 unspecified atom stereocenters. The zero-order chi connectivity index (χ0) is 16.3. The predicted molar refractivity (Wildman–Crippen MR) is 93.4 cm³/mol. The molecule has 0 amide bonds. The first-order valence-corrected chi connectivity index (χ1v) is 7.70. The SMILES string of the molecule is Cl.Cl.Fc1ccc(Cl)c(Cl)c1[C@@H](CCC(F)(F)F)N1CCNCC1. The van der Waals surface area contributed by atoms with Gasteiger partial charge in [-0.25, -0.2) is 4.39 Å². The fraction of sp³-hybridized carbons (Fsp3) is 0.571. The first-order valence-electron chi connectivity index (χ1n) is 6.94. The van der Waals surface area contributed by atoms with E-state index in [1.807, 2.05) is 4.90 Å². The normalized spacial score (nSPS) is 16.9. The van der Waals surface area contributed by atoms with Crippen LogP contribution in [0.1, 0.15) is 24.4 Å². The van der Waals surface area contributed by atoms with E-state index in [-0.39, 0.29) is 46.8 Å². The molecule has 0 bridgehead atoms. The zero-order valence-electron chi connectivity index (χ0n) is 12.5. The molecule has 140 valence electrons. The third kappa shape index (κ3) is 6.39. The van der Waals surface area contributed by atoms with Crippen molar-refractivity contribution in [2.75, 3.05) is 26.2 Å². The smallest absolute Gasteiger partial charge is 0.314 e. The number of hydrogen-bond donors (Lipinski definition) is 1. The van der Waals surface area contributed by atoms with Crippen LogP contribution in [0.15, 0.2) is 12.1 Å². The van der Waals surface area contributed by atoms with Gasteiger partial charge in [-0.1, -0.05) is 23.2 Å². The van der Waals surface area contributed by atoms with Crippen LogP contribution in [0.5, 0.6) is 0 Å². The number of halogens is 8. The van der Waals surface area contributed by atoms with Gasteiger partial charge in [0.2, 0.25) is 0 Å². The van der Waals surface area contributed by atoms with E-state index in [4.69, 9.17) is 23.2 Å². The van der Waals surface area contributed by atoms with Crippen LogP contribution in [0.4, 0.5) is 17.6 Å². The Kier molecular flexibility index (Phi) is 10.2. The van der Waals surface area contributed by atoms with Gasteiger partial charge in [0, 0.05) is 44.2 Å². The molecule has 1 N–H and O–H groups in total. The van der Waals surface area contributed by atoms with Gasteiger partial charge in [0.25, 0.3) is 0 Å². The number of alkyl halides is 3. The number of hydrogen-bond acceptors (Lipinski definition) is 2. The second kappa shape index (κ2) is 10.2. The second-order valence-corrected chi connectivity index (χ2v) is 6.00. The molecule has 2 nitrogen and oxygen atoms in total. The molecule has 0 aromatic heterocycles. The molecule has 1 aromatic rings. The van der Waals surface area contributed by atoms with E-state index in [9.17, 15) is 17.6 Å². The Morgan fingerprint density at radius 2 is 1.71 bits per heavy atom. The van der Waals surface area contributed by atoms with Crippen molar-refractivity contribution in [1.29, 1.82) is 0 Å². The number of nitrogens with zero attached hydrogens (tertiary/aromatic N) is 1. The fourth-order valence-electron chi connectivity index (χ4n) is 2.65. The van der Waals surface area contributed by atoms with Gasteiger partial charge in [-0.05, 0) is 18.6 Å². The molecule has 1 fully saturated rings. The fourth-order valence-corrected chi connectivity index (χ4v) is 3.10. The van der Waals surface area contributed by atoms with Crippen molar-refractivity contribution in [3.63, 3.8) is 0 Å². The summed E-state index contributed by atoms with van der Waals surface area (Å²) in [5.74, 6) is -0.625. The van der Waals surface area contributed by atoms with Crippen LogP contribution in [-0.4, -0.2) is 37.3 Å². The van der Waals surface area contributed by atoms with Crippen molar-refractivity contribution in [2.45, 2.75) is 25.1 Å². The monoisotopic (exact) mass is 430 g/mol. The Morgan fingerprint density at radius 3 is 2.25 bits per heavy atom. The van der Waals surface area contributed by atoms with Gasteiger partial charge in [-0.15, -0.1) is 24.8 Å². The van der Waals surface area contributed by atoms with Gasteiger partial charge in [0.15, 0.2) is 0 Å². The molecule has 0 saturated carbocycles. The minimum Gasteiger partial charge on any atom is -0.314 e. The van der Waals surface area contributed by atoms with Crippen molar-refractivity contribution < 1.29 is 17.6 Å².